The van der Waals surface area contributed by atoms with Crippen molar-refractivity contribution in [2.75, 3.05) is 13.2 Å². The number of amides is 1. The van der Waals surface area contributed by atoms with E-state index in [2.05, 4.69) is 81.2 Å². The minimum absolute atomic E-state index is 0.0910. The summed E-state index contributed by atoms with van der Waals surface area (Å²) in [6.07, 6.45) is 3.88. The quantitative estimate of drug-likeness (QED) is 0.468. The Kier molecular flexibility index (Phi) is 7.19. The van der Waals surface area contributed by atoms with E-state index >= 15 is 0 Å². The third kappa shape index (κ3) is 4.69. The molecule has 3 N–H and O–H groups in total. The molecule has 0 aromatic heterocycles. The van der Waals surface area contributed by atoms with Crippen LogP contribution >= 0.6 is 0 Å². The molecule has 1 unspecified atom stereocenters. The van der Waals surface area contributed by atoms with Gasteiger partial charge in [-0.3, -0.25) is 4.79 Å². The molecule has 2 atom stereocenters. The largest absolute Gasteiger partial charge is 0.406 e. The van der Waals surface area contributed by atoms with Gasteiger partial charge in [0.05, 0.1) is 5.41 Å². The van der Waals surface area contributed by atoms with E-state index in [1.165, 1.54) is 10.4 Å². The van der Waals surface area contributed by atoms with Crippen LogP contribution in [0.3, 0.4) is 0 Å². The maximum Gasteiger partial charge on any atom is 0.261 e. The summed E-state index contributed by atoms with van der Waals surface area (Å²) in [6.45, 7) is 11.8. The van der Waals surface area contributed by atoms with Crippen LogP contribution in [-0.4, -0.2) is 33.4 Å². The minimum Gasteiger partial charge on any atom is -0.406 e. The summed E-state index contributed by atoms with van der Waals surface area (Å²) in [4.78, 5) is 12.6. The fourth-order valence-electron chi connectivity index (χ4n) is 5.02. The van der Waals surface area contributed by atoms with Gasteiger partial charge in [0.2, 0.25) is 5.91 Å². The predicted molar refractivity (Wildman–Crippen MR) is 131 cm³/mol. The number of nitrogens with one attached hydrogen (secondary N) is 1. The predicted octanol–water partition coefficient (Wildman–Crippen LogP) is 3.36. The summed E-state index contributed by atoms with van der Waals surface area (Å²) in [7, 11) is -2.63. The molecule has 1 aliphatic rings. The molecule has 0 aliphatic carbocycles. The molecule has 166 valence electrons. The topological polar surface area (TPSA) is 64.3 Å². The molecule has 2 aromatic rings. The number of carbonyl (C=O) groups excluding carboxylic acids is 1. The first-order valence-corrected chi connectivity index (χ1v) is 13.1. The van der Waals surface area contributed by atoms with Crippen molar-refractivity contribution in [3.8, 4) is 0 Å². The van der Waals surface area contributed by atoms with Crippen molar-refractivity contribution < 1.29 is 9.22 Å². The maximum absolute atomic E-state index is 12.6. The lowest BCUT2D eigenvalue weighted by Crippen LogP contribution is -2.67. The van der Waals surface area contributed by atoms with Crippen molar-refractivity contribution in [1.82, 2.24) is 5.32 Å². The number of allylic oxidation sites excluding steroid dienone is 1. The van der Waals surface area contributed by atoms with Crippen LogP contribution in [0.4, 0.5) is 0 Å². The zero-order chi connectivity index (χ0) is 22.5. The standard InChI is InChI=1S/C26H36N2O2Si/c1-5-16-26(17-18-28-24(26)29)19-21(27)20-30-31(25(2,3)4,22-12-8-6-9-13-22)23-14-10-7-11-15-23/h5-15,21H,1,16-20,27H2,2-4H3,(H,28,29)/t21-,26?/m0/s1. The van der Waals surface area contributed by atoms with E-state index in [9.17, 15) is 4.79 Å². The molecule has 1 aliphatic heterocycles. The van der Waals surface area contributed by atoms with E-state index in [-0.39, 0.29) is 17.0 Å². The van der Waals surface area contributed by atoms with Gasteiger partial charge < -0.3 is 15.5 Å². The summed E-state index contributed by atoms with van der Waals surface area (Å²) in [6, 6.07) is 20.9. The Morgan fingerprint density at radius 1 is 1.13 bits per heavy atom. The Morgan fingerprint density at radius 2 is 1.68 bits per heavy atom. The molecular formula is C26H36N2O2Si. The van der Waals surface area contributed by atoms with E-state index in [1.54, 1.807) is 0 Å². The zero-order valence-corrected chi connectivity index (χ0v) is 20.1. The Bertz CT molecular complexity index is 840. The second-order valence-corrected chi connectivity index (χ2v) is 14.0. The third-order valence-corrected chi connectivity index (χ3v) is 11.5. The highest BCUT2D eigenvalue weighted by Crippen LogP contribution is 2.38. The number of nitrogens with two attached hydrogens (primary N) is 1. The van der Waals surface area contributed by atoms with Crippen LogP contribution in [0, 0.1) is 5.41 Å². The second kappa shape index (κ2) is 9.51. The van der Waals surface area contributed by atoms with Crippen LogP contribution in [0.1, 0.15) is 40.0 Å². The van der Waals surface area contributed by atoms with Crippen molar-refractivity contribution in [1.29, 1.82) is 0 Å². The molecule has 31 heavy (non-hydrogen) atoms. The number of rotatable bonds is 9. The lowest BCUT2D eigenvalue weighted by atomic mass is 9.77. The molecule has 1 amide bonds. The Balaban J connectivity index is 1.92. The van der Waals surface area contributed by atoms with Gasteiger partial charge in [-0.1, -0.05) is 87.5 Å². The highest BCUT2D eigenvalue weighted by atomic mass is 28.4. The summed E-state index contributed by atoms with van der Waals surface area (Å²) in [5, 5.41) is 5.35. The molecule has 0 bridgehead atoms. The molecule has 0 spiro atoms. The second-order valence-electron chi connectivity index (χ2n) is 9.72. The minimum atomic E-state index is -2.63. The summed E-state index contributed by atoms with van der Waals surface area (Å²) >= 11 is 0. The number of carbonyl (C=O) groups is 1. The van der Waals surface area contributed by atoms with Gasteiger partial charge in [0.1, 0.15) is 0 Å². The summed E-state index contributed by atoms with van der Waals surface area (Å²) < 4.78 is 6.95. The molecule has 2 aromatic carbocycles. The van der Waals surface area contributed by atoms with Gasteiger partial charge in [-0.25, -0.2) is 0 Å². The molecule has 1 saturated heterocycles. The van der Waals surface area contributed by atoms with Crippen molar-refractivity contribution in [2.24, 2.45) is 11.1 Å². The Morgan fingerprint density at radius 3 is 2.10 bits per heavy atom. The van der Waals surface area contributed by atoms with Crippen LogP contribution < -0.4 is 21.4 Å². The normalized spacial score (nSPS) is 20.3. The van der Waals surface area contributed by atoms with E-state index < -0.39 is 13.7 Å². The molecule has 4 nitrogen and oxygen atoms in total. The molecule has 1 heterocycles. The van der Waals surface area contributed by atoms with Crippen LogP contribution in [0.2, 0.25) is 5.04 Å². The first kappa shape index (κ1) is 23.5. The van der Waals surface area contributed by atoms with Crippen LogP contribution in [0.5, 0.6) is 0 Å². The van der Waals surface area contributed by atoms with Crippen molar-refractivity contribution in [3.63, 3.8) is 0 Å². The number of hydrogen-bond acceptors (Lipinski definition) is 3. The zero-order valence-electron chi connectivity index (χ0n) is 19.1. The molecular weight excluding hydrogens is 400 g/mol. The first-order chi connectivity index (χ1) is 14.7. The van der Waals surface area contributed by atoms with Gasteiger partial charge in [0, 0.05) is 19.2 Å². The Labute approximate surface area is 188 Å². The summed E-state index contributed by atoms with van der Waals surface area (Å²) in [5.74, 6) is 0.0910. The third-order valence-electron chi connectivity index (χ3n) is 6.49. The highest BCUT2D eigenvalue weighted by molar-refractivity contribution is 6.99. The fraction of sp³-hybridized carbons (Fsp3) is 0.423. The molecule has 0 saturated carbocycles. The number of benzene rings is 2. The van der Waals surface area contributed by atoms with Gasteiger partial charge in [-0.2, -0.15) is 0 Å². The van der Waals surface area contributed by atoms with Crippen LogP contribution in [0.25, 0.3) is 0 Å². The van der Waals surface area contributed by atoms with Gasteiger partial charge in [0.15, 0.2) is 0 Å². The van der Waals surface area contributed by atoms with Gasteiger partial charge >= 0.3 is 0 Å². The molecule has 3 rings (SSSR count). The van der Waals surface area contributed by atoms with Crippen molar-refractivity contribution in [3.05, 3.63) is 73.3 Å². The van der Waals surface area contributed by atoms with E-state index in [0.29, 0.717) is 26.0 Å². The summed E-state index contributed by atoms with van der Waals surface area (Å²) in [5.41, 5.74) is 6.16. The first-order valence-electron chi connectivity index (χ1n) is 11.1. The van der Waals surface area contributed by atoms with Gasteiger partial charge in [0.25, 0.3) is 8.32 Å². The van der Waals surface area contributed by atoms with Crippen molar-refractivity contribution in [2.45, 2.75) is 51.1 Å². The maximum atomic E-state index is 12.6. The average molecular weight is 437 g/mol. The molecule has 0 radical (unpaired) electrons. The van der Waals surface area contributed by atoms with Gasteiger partial charge in [-0.05, 0) is 34.7 Å². The average Bonchev–Trinajstić information content (AvgIpc) is 3.09. The smallest absolute Gasteiger partial charge is 0.261 e. The van der Waals surface area contributed by atoms with E-state index in [4.69, 9.17) is 10.2 Å². The van der Waals surface area contributed by atoms with Crippen LogP contribution in [-0.2, 0) is 9.22 Å². The SMILES string of the molecule is C=CCC1(C[C@H](N)CO[Si](c2ccccc2)(c2ccccc2)C(C)(C)C)CCNC1=O. The molecule has 5 heteroatoms. The molecule has 1 fully saturated rings. The Hall–Kier alpha value is -2.21. The highest BCUT2D eigenvalue weighted by Gasteiger charge is 2.50. The van der Waals surface area contributed by atoms with Gasteiger partial charge in [-0.15, -0.1) is 6.58 Å². The van der Waals surface area contributed by atoms with E-state index in [0.717, 1.165) is 6.42 Å². The van der Waals surface area contributed by atoms with Crippen molar-refractivity contribution >= 4 is 24.6 Å². The fourth-order valence-corrected chi connectivity index (χ4v) is 9.64. The lowest BCUT2D eigenvalue weighted by molar-refractivity contribution is -0.128. The number of hydrogen-bond donors (Lipinski definition) is 2. The van der Waals surface area contributed by atoms with Crippen LogP contribution in [0.15, 0.2) is 73.3 Å². The van der Waals surface area contributed by atoms with E-state index in [1.807, 2.05) is 18.2 Å². The lowest BCUT2D eigenvalue weighted by Gasteiger charge is -2.43. The monoisotopic (exact) mass is 436 g/mol.